The summed E-state index contributed by atoms with van der Waals surface area (Å²) in [7, 11) is 0. The van der Waals surface area contributed by atoms with Gasteiger partial charge < -0.3 is 14.3 Å². The number of aryl methyl sites for hydroxylation is 1. The third kappa shape index (κ3) is 2.14. The highest BCUT2D eigenvalue weighted by molar-refractivity contribution is 5.98. The van der Waals surface area contributed by atoms with E-state index >= 15 is 0 Å². The smallest absolute Gasteiger partial charge is 0.344 e. The molecule has 2 aromatic heterocycles. The van der Waals surface area contributed by atoms with Crippen LogP contribution in [0.5, 0.6) is 0 Å². The van der Waals surface area contributed by atoms with Gasteiger partial charge in [0.2, 0.25) is 0 Å². The fourth-order valence-electron chi connectivity index (χ4n) is 3.07. The molecule has 0 radical (unpaired) electrons. The monoisotopic (exact) mass is 309 g/mol. The average Bonchev–Trinajstić information content (AvgIpc) is 3.05. The van der Waals surface area contributed by atoms with Crippen LogP contribution < -0.4 is 5.63 Å². The molecule has 116 valence electrons. The van der Waals surface area contributed by atoms with Crippen molar-refractivity contribution in [3.8, 4) is 0 Å². The maximum absolute atomic E-state index is 12.8. The summed E-state index contributed by atoms with van der Waals surface area (Å²) in [6.07, 6.45) is 2.33. The Morgan fingerprint density at radius 2 is 2.09 bits per heavy atom. The number of hydrogen-bond acceptors (Lipinski definition) is 4. The van der Waals surface area contributed by atoms with Crippen molar-refractivity contribution in [2.45, 2.75) is 19.9 Å². The molecule has 23 heavy (non-hydrogen) atoms. The molecule has 0 fully saturated rings. The van der Waals surface area contributed by atoms with Crippen LogP contribution in [0.4, 0.5) is 0 Å². The van der Waals surface area contributed by atoms with Crippen LogP contribution >= 0.6 is 0 Å². The van der Waals surface area contributed by atoms with Crippen molar-refractivity contribution in [2.75, 3.05) is 6.54 Å². The number of aromatic amines is 1. The number of imidazole rings is 1. The van der Waals surface area contributed by atoms with Gasteiger partial charge in [0.05, 0.1) is 29.6 Å². The summed E-state index contributed by atoms with van der Waals surface area (Å²) in [5, 5.41) is 1.25. The second-order valence-electron chi connectivity index (χ2n) is 5.69. The van der Waals surface area contributed by atoms with Gasteiger partial charge in [0, 0.05) is 18.5 Å². The van der Waals surface area contributed by atoms with Crippen LogP contribution in [0, 0.1) is 6.92 Å². The molecule has 0 aliphatic carbocycles. The molecule has 0 saturated heterocycles. The van der Waals surface area contributed by atoms with E-state index in [0.717, 1.165) is 16.8 Å². The van der Waals surface area contributed by atoms with Gasteiger partial charge in [0.15, 0.2) is 5.76 Å². The van der Waals surface area contributed by atoms with E-state index < -0.39 is 5.63 Å². The van der Waals surface area contributed by atoms with Crippen LogP contribution in [0.1, 0.15) is 27.5 Å². The van der Waals surface area contributed by atoms with E-state index in [9.17, 15) is 9.59 Å². The Morgan fingerprint density at radius 3 is 2.91 bits per heavy atom. The van der Waals surface area contributed by atoms with E-state index in [4.69, 9.17) is 4.42 Å². The van der Waals surface area contributed by atoms with Crippen LogP contribution in [0.15, 0.2) is 39.8 Å². The SMILES string of the molecule is Cc1c(C(=O)N2CCc3nc[nH]c3C2)oc(=O)c2ccccc12. The number of H-pyrrole nitrogens is 1. The molecule has 1 amide bonds. The number of carbonyl (C=O) groups is 1. The summed E-state index contributed by atoms with van der Waals surface area (Å²) in [4.78, 5) is 33.9. The molecular formula is C17H15N3O3. The predicted octanol–water partition coefficient (Wildman–Crippen LogP) is 2.02. The minimum atomic E-state index is -0.478. The lowest BCUT2D eigenvalue weighted by molar-refractivity contribution is 0.0694. The van der Waals surface area contributed by atoms with E-state index in [2.05, 4.69) is 9.97 Å². The largest absolute Gasteiger partial charge is 0.417 e. The molecule has 0 bridgehead atoms. The topological polar surface area (TPSA) is 79.2 Å². The highest BCUT2D eigenvalue weighted by atomic mass is 16.4. The molecule has 1 aliphatic rings. The van der Waals surface area contributed by atoms with Gasteiger partial charge in [-0.05, 0) is 18.4 Å². The molecule has 0 spiro atoms. The number of aromatic nitrogens is 2. The molecule has 3 heterocycles. The molecular weight excluding hydrogens is 294 g/mol. The lowest BCUT2D eigenvalue weighted by Gasteiger charge is -2.26. The Balaban J connectivity index is 1.76. The Bertz CT molecular complexity index is 971. The third-order valence-corrected chi connectivity index (χ3v) is 4.34. The third-order valence-electron chi connectivity index (χ3n) is 4.34. The molecule has 4 rings (SSSR count). The fraction of sp³-hybridized carbons (Fsp3) is 0.235. The molecule has 3 aromatic rings. The molecule has 0 unspecified atom stereocenters. The lowest BCUT2D eigenvalue weighted by Crippen LogP contribution is -2.36. The normalized spacial score (nSPS) is 14.0. The zero-order chi connectivity index (χ0) is 16.0. The first-order valence-electron chi connectivity index (χ1n) is 7.48. The van der Waals surface area contributed by atoms with Gasteiger partial charge in [-0.15, -0.1) is 0 Å². The van der Waals surface area contributed by atoms with Crippen LogP contribution in [0.2, 0.25) is 0 Å². The van der Waals surface area contributed by atoms with Crippen molar-refractivity contribution in [2.24, 2.45) is 0 Å². The second-order valence-corrected chi connectivity index (χ2v) is 5.69. The van der Waals surface area contributed by atoms with Crippen LogP contribution in [0.25, 0.3) is 10.8 Å². The minimum Gasteiger partial charge on any atom is -0.417 e. The van der Waals surface area contributed by atoms with Gasteiger partial charge in [-0.25, -0.2) is 9.78 Å². The van der Waals surface area contributed by atoms with E-state index in [0.29, 0.717) is 30.5 Å². The number of fused-ring (bicyclic) bond motifs is 2. The number of benzene rings is 1. The first kappa shape index (κ1) is 13.8. The van der Waals surface area contributed by atoms with Crippen molar-refractivity contribution < 1.29 is 9.21 Å². The maximum atomic E-state index is 12.8. The molecule has 6 nitrogen and oxygen atoms in total. The Labute approximate surface area is 131 Å². The van der Waals surface area contributed by atoms with Gasteiger partial charge in [0.1, 0.15) is 0 Å². The van der Waals surface area contributed by atoms with Gasteiger partial charge in [-0.1, -0.05) is 18.2 Å². The molecule has 1 aliphatic heterocycles. The highest BCUT2D eigenvalue weighted by Crippen LogP contribution is 2.22. The fourth-order valence-corrected chi connectivity index (χ4v) is 3.07. The van der Waals surface area contributed by atoms with Crippen molar-refractivity contribution in [3.05, 3.63) is 63.7 Å². The standard InChI is InChI=1S/C17H15N3O3/c1-10-11-4-2-3-5-12(11)17(22)23-15(10)16(21)20-7-6-13-14(8-20)19-9-18-13/h2-5,9H,6-8H2,1H3,(H,18,19). The molecule has 1 aromatic carbocycles. The minimum absolute atomic E-state index is 0.122. The van der Waals surface area contributed by atoms with E-state index in [1.54, 1.807) is 23.4 Å². The average molecular weight is 309 g/mol. The zero-order valence-corrected chi connectivity index (χ0v) is 12.6. The van der Waals surface area contributed by atoms with Gasteiger partial charge in [-0.2, -0.15) is 0 Å². The molecule has 0 atom stereocenters. The molecule has 6 heteroatoms. The van der Waals surface area contributed by atoms with Crippen LogP contribution in [0.3, 0.4) is 0 Å². The number of rotatable bonds is 1. The maximum Gasteiger partial charge on any atom is 0.344 e. The summed E-state index contributed by atoms with van der Waals surface area (Å²) in [5.74, 6) is -0.137. The van der Waals surface area contributed by atoms with Crippen LogP contribution in [-0.2, 0) is 13.0 Å². The highest BCUT2D eigenvalue weighted by Gasteiger charge is 2.27. The van der Waals surface area contributed by atoms with Gasteiger partial charge in [0.25, 0.3) is 5.91 Å². The van der Waals surface area contributed by atoms with Crippen LogP contribution in [-0.4, -0.2) is 27.3 Å². The summed E-state index contributed by atoms with van der Waals surface area (Å²) >= 11 is 0. The van der Waals surface area contributed by atoms with Gasteiger partial charge in [-0.3, -0.25) is 4.79 Å². The van der Waals surface area contributed by atoms with Crippen molar-refractivity contribution in [1.29, 1.82) is 0 Å². The van der Waals surface area contributed by atoms with Crippen molar-refractivity contribution in [3.63, 3.8) is 0 Å². The quantitative estimate of drug-likeness (QED) is 0.746. The Kier molecular flexibility index (Phi) is 3.04. The summed E-state index contributed by atoms with van der Waals surface area (Å²) in [6, 6.07) is 7.17. The Hall–Kier alpha value is -2.89. The number of carbonyl (C=O) groups excluding carboxylic acids is 1. The summed E-state index contributed by atoms with van der Waals surface area (Å²) < 4.78 is 5.33. The first-order chi connectivity index (χ1) is 11.1. The number of nitrogens with one attached hydrogen (secondary N) is 1. The molecule has 1 N–H and O–H groups in total. The summed E-state index contributed by atoms with van der Waals surface area (Å²) in [5.41, 5.74) is 2.14. The first-order valence-corrected chi connectivity index (χ1v) is 7.48. The van der Waals surface area contributed by atoms with E-state index in [1.807, 2.05) is 19.1 Å². The van der Waals surface area contributed by atoms with Crippen molar-refractivity contribution in [1.82, 2.24) is 14.9 Å². The lowest BCUT2D eigenvalue weighted by atomic mass is 10.1. The number of hydrogen-bond donors (Lipinski definition) is 1. The van der Waals surface area contributed by atoms with E-state index in [1.165, 1.54) is 0 Å². The predicted molar refractivity (Wildman–Crippen MR) is 84.3 cm³/mol. The molecule has 0 saturated carbocycles. The summed E-state index contributed by atoms with van der Waals surface area (Å²) in [6.45, 7) is 2.82. The zero-order valence-electron chi connectivity index (χ0n) is 12.6. The van der Waals surface area contributed by atoms with E-state index in [-0.39, 0.29) is 11.7 Å². The Morgan fingerprint density at radius 1 is 1.30 bits per heavy atom. The van der Waals surface area contributed by atoms with Gasteiger partial charge >= 0.3 is 5.63 Å². The van der Waals surface area contributed by atoms with Crippen molar-refractivity contribution >= 4 is 16.7 Å². The number of nitrogens with zero attached hydrogens (tertiary/aromatic N) is 2. The second kappa shape index (κ2) is 5.08. The number of amides is 1.